The van der Waals surface area contributed by atoms with E-state index in [-0.39, 0.29) is 73.0 Å². The molecular weight excluding hydrogens is 590 g/mol. The second kappa shape index (κ2) is 13.2. The van der Waals surface area contributed by atoms with E-state index in [0.29, 0.717) is 16.3 Å². The highest BCUT2D eigenvalue weighted by Gasteiger charge is 2.36. The Kier molecular flexibility index (Phi) is 10.0. The highest BCUT2D eigenvalue weighted by atomic mass is 35.5. The molecule has 0 saturated carbocycles. The van der Waals surface area contributed by atoms with Crippen LogP contribution < -0.4 is 16.4 Å². The molecule has 1 aromatic carbocycles. The number of carbonyl (C=O) groups excluding carboxylic acids is 2. The first-order valence-electron chi connectivity index (χ1n) is 14.9. The topological polar surface area (TPSA) is 132 Å². The zero-order valence-corrected chi connectivity index (χ0v) is 26.8. The molecule has 1 atom stereocenters. The molecule has 13 heteroatoms. The second-order valence-corrected chi connectivity index (χ2v) is 13.2. The number of aromatic nitrogens is 2. The summed E-state index contributed by atoms with van der Waals surface area (Å²) < 4.78 is 30.4. The van der Waals surface area contributed by atoms with E-state index in [1.165, 1.54) is 11.0 Å². The van der Waals surface area contributed by atoms with Crippen molar-refractivity contribution in [3.8, 4) is 0 Å². The lowest BCUT2D eigenvalue weighted by atomic mass is 9.85. The Morgan fingerprint density at radius 3 is 2.55 bits per heavy atom. The van der Waals surface area contributed by atoms with E-state index in [1.807, 2.05) is 20.8 Å². The van der Waals surface area contributed by atoms with Gasteiger partial charge in [0.2, 0.25) is 5.91 Å². The summed E-state index contributed by atoms with van der Waals surface area (Å²) in [4.78, 5) is 33.5. The molecule has 3 heterocycles. The molecule has 10 nitrogen and oxygen atoms in total. The number of anilines is 1. The molecule has 1 aromatic heterocycles. The van der Waals surface area contributed by atoms with Crippen molar-refractivity contribution in [2.75, 3.05) is 25.4 Å². The predicted molar refractivity (Wildman–Crippen MR) is 168 cm³/mol. The maximum absolute atomic E-state index is 14.4. The first kappa shape index (κ1) is 33.4. The van der Waals surface area contributed by atoms with E-state index in [4.69, 9.17) is 22.7 Å². The third-order valence-electron chi connectivity index (χ3n) is 8.32. The Bertz CT molecular complexity index is 1430. The average molecular weight is 633 g/mol. The lowest BCUT2D eigenvalue weighted by Crippen LogP contribution is -2.60. The molecule has 2 aromatic rings. The number of halogens is 3. The van der Waals surface area contributed by atoms with Gasteiger partial charge in [-0.2, -0.15) is 0 Å². The molecule has 0 bridgehead atoms. The van der Waals surface area contributed by atoms with Gasteiger partial charge in [0.25, 0.3) is 12.3 Å². The minimum Gasteiger partial charge on any atom is -0.398 e. The Labute approximate surface area is 262 Å². The van der Waals surface area contributed by atoms with E-state index < -0.39 is 18.0 Å². The van der Waals surface area contributed by atoms with Crippen LogP contribution in [0.15, 0.2) is 24.8 Å². The molecule has 1 unspecified atom stereocenters. The number of nitrogen functional groups attached to an aromatic ring is 1. The fraction of sp³-hybridized carbons (Fsp3) is 0.548. The maximum atomic E-state index is 14.4. The van der Waals surface area contributed by atoms with Crippen molar-refractivity contribution < 1.29 is 18.4 Å². The molecule has 2 saturated heterocycles. The number of nitrogens with one attached hydrogen (secondary N) is 3. The molecule has 2 aliphatic heterocycles. The predicted octanol–water partition coefficient (Wildman–Crippen LogP) is 4.47. The molecule has 4 rings (SSSR count). The molecular formula is C31H43ClF2N8O2. The van der Waals surface area contributed by atoms with E-state index in [1.54, 1.807) is 16.7 Å². The molecule has 0 aliphatic carbocycles. The van der Waals surface area contributed by atoms with Crippen LogP contribution in [0.3, 0.4) is 0 Å². The Balaban J connectivity index is 1.65. The zero-order valence-electron chi connectivity index (χ0n) is 26.0. The van der Waals surface area contributed by atoms with Crippen molar-refractivity contribution in [3.05, 3.63) is 58.1 Å². The van der Waals surface area contributed by atoms with E-state index in [9.17, 15) is 18.4 Å². The SMILES string of the molecule is C=CC(=O)N1CC(NC(=O)c2c(C(F)F)nc(CNC(=N)c3cc(C(C)(C)C)c(Cl)cc3N)n2CC2CCCN2C(C)C)C1. The minimum absolute atomic E-state index is 0.0186. The molecule has 44 heavy (non-hydrogen) atoms. The van der Waals surface area contributed by atoms with Gasteiger partial charge in [-0.05, 0) is 62.4 Å². The van der Waals surface area contributed by atoms with Crippen LogP contribution >= 0.6 is 11.6 Å². The Morgan fingerprint density at radius 1 is 1.27 bits per heavy atom. The van der Waals surface area contributed by atoms with E-state index >= 15 is 0 Å². The first-order chi connectivity index (χ1) is 20.6. The van der Waals surface area contributed by atoms with Crippen molar-refractivity contribution >= 4 is 34.9 Å². The first-order valence-corrected chi connectivity index (χ1v) is 15.3. The number of nitrogens with two attached hydrogens (primary N) is 1. The van der Waals surface area contributed by atoms with Crippen LogP contribution in [0.4, 0.5) is 14.5 Å². The summed E-state index contributed by atoms with van der Waals surface area (Å²) >= 11 is 6.44. The molecule has 5 N–H and O–H groups in total. The monoisotopic (exact) mass is 632 g/mol. The van der Waals surface area contributed by atoms with Gasteiger partial charge in [0.05, 0.1) is 12.6 Å². The van der Waals surface area contributed by atoms with Crippen molar-refractivity contribution in [2.45, 2.75) is 90.5 Å². The lowest BCUT2D eigenvalue weighted by molar-refractivity contribution is -0.130. The molecule has 2 amide bonds. The van der Waals surface area contributed by atoms with E-state index in [2.05, 4.69) is 40.9 Å². The van der Waals surface area contributed by atoms with Gasteiger partial charge >= 0.3 is 0 Å². The number of hydrogen-bond donors (Lipinski definition) is 4. The van der Waals surface area contributed by atoms with Crippen LogP contribution in [0.1, 0.15) is 87.0 Å². The van der Waals surface area contributed by atoms with Gasteiger partial charge in [0, 0.05) is 48.0 Å². The Hall–Kier alpha value is -3.51. The van der Waals surface area contributed by atoms with Crippen molar-refractivity contribution in [1.82, 2.24) is 30.0 Å². The number of hydrogen-bond acceptors (Lipinski definition) is 6. The van der Waals surface area contributed by atoms with Gasteiger partial charge in [0.1, 0.15) is 23.0 Å². The largest absolute Gasteiger partial charge is 0.398 e. The van der Waals surface area contributed by atoms with Gasteiger partial charge in [-0.15, -0.1) is 0 Å². The fourth-order valence-corrected chi connectivity index (χ4v) is 6.42. The fourth-order valence-electron chi connectivity index (χ4n) is 5.96. The summed E-state index contributed by atoms with van der Waals surface area (Å²) in [5, 5.41) is 15.0. The number of rotatable bonds is 10. The van der Waals surface area contributed by atoms with Crippen molar-refractivity contribution in [1.29, 1.82) is 5.41 Å². The number of amidine groups is 1. The van der Waals surface area contributed by atoms with Gasteiger partial charge in [0.15, 0.2) is 0 Å². The molecule has 240 valence electrons. The standard InChI is InChI=1S/C31H43ClF2N8O2/c1-7-25(43)40-14-18(15-40)38-30(44)27-26(28(33)34)39-24(42(27)16-19-9-8-10-41(19)17(2)3)13-37-29(36)20-11-21(31(4,5)6)22(32)12-23(20)35/h7,11-12,17-19,28H,1,8-10,13-16,35H2,2-6H3,(H2,36,37)(H,38,44). The highest BCUT2D eigenvalue weighted by Crippen LogP contribution is 2.33. The normalized spacial score (nSPS) is 17.7. The van der Waals surface area contributed by atoms with Crippen molar-refractivity contribution in [2.24, 2.45) is 0 Å². The zero-order chi connectivity index (χ0) is 32.5. The van der Waals surface area contributed by atoms with Crippen LogP contribution in [0.5, 0.6) is 0 Å². The number of amides is 2. The quantitative estimate of drug-likeness (QED) is 0.132. The van der Waals surface area contributed by atoms with Crippen LogP contribution in [-0.2, 0) is 23.3 Å². The maximum Gasteiger partial charge on any atom is 0.282 e. The highest BCUT2D eigenvalue weighted by molar-refractivity contribution is 6.32. The molecule has 0 radical (unpaired) electrons. The summed E-state index contributed by atoms with van der Waals surface area (Å²) in [7, 11) is 0. The van der Waals surface area contributed by atoms with Crippen LogP contribution in [0.25, 0.3) is 0 Å². The summed E-state index contributed by atoms with van der Waals surface area (Å²) in [6, 6.07) is 3.25. The number of benzene rings is 1. The number of likely N-dealkylation sites (tertiary alicyclic amines) is 2. The second-order valence-electron chi connectivity index (χ2n) is 12.8. The average Bonchev–Trinajstić information content (AvgIpc) is 3.53. The van der Waals surface area contributed by atoms with Crippen LogP contribution in [0.2, 0.25) is 5.02 Å². The third-order valence-corrected chi connectivity index (χ3v) is 8.63. The molecule has 2 aliphatic rings. The van der Waals surface area contributed by atoms with Gasteiger partial charge in [-0.3, -0.25) is 19.9 Å². The minimum atomic E-state index is -3.00. The number of carbonyl (C=O) groups is 2. The number of alkyl halides is 2. The van der Waals surface area contributed by atoms with Gasteiger partial charge in [-0.25, -0.2) is 13.8 Å². The van der Waals surface area contributed by atoms with Crippen molar-refractivity contribution in [3.63, 3.8) is 0 Å². The van der Waals surface area contributed by atoms with Gasteiger partial charge in [-0.1, -0.05) is 39.0 Å². The smallest absolute Gasteiger partial charge is 0.282 e. The lowest BCUT2D eigenvalue weighted by Gasteiger charge is -2.39. The summed E-state index contributed by atoms with van der Waals surface area (Å²) in [6.45, 7) is 15.3. The van der Waals surface area contributed by atoms with Crippen LogP contribution in [-0.4, -0.2) is 74.8 Å². The Morgan fingerprint density at radius 2 is 1.95 bits per heavy atom. The number of nitrogens with zero attached hydrogens (tertiary/aromatic N) is 4. The summed E-state index contributed by atoms with van der Waals surface area (Å²) in [5.74, 6) is -0.729. The molecule has 2 fully saturated rings. The van der Waals surface area contributed by atoms with Crippen LogP contribution in [0, 0.1) is 5.41 Å². The molecule has 0 spiro atoms. The third kappa shape index (κ3) is 7.07. The summed E-state index contributed by atoms with van der Waals surface area (Å²) in [5.41, 5.74) is 6.65. The van der Waals surface area contributed by atoms with Gasteiger partial charge < -0.3 is 25.8 Å². The van der Waals surface area contributed by atoms with E-state index in [0.717, 1.165) is 24.9 Å². The number of imidazole rings is 1. The summed E-state index contributed by atoms with van der Waals surface area (Å²) in [6.07, 6.45) is 0.00631.